The fourth-order valence-electron chi connectivity index (χ4n) is 1.88. The quantitative estimate of drug-likeness (QED) is 0.258. The first-order chi connectivity index (χ1) is 12.6. The van der Waals surface area contributed by atoms with Crippen LogP contribution in [0, 0.1) is 5.82 Å². The van der Waals surface area contributed by atoms with Crippen LogP contribution in [0.3, 0.4) is 0 Å². The van der Waals surface area contributed by atoms with E-state index in [9.17, 15) is 27.2 Å². The van der Waals surface area contributed by atoms with Crippen molar-refractivity contribution in [2.75, 3.05) is 9.62 Å². The molecule has 0 atom stereocenters. The van der Waals surface area contributed by atoms with E-state index in [1.807, 2.05) is 4.72 Å². The van der Waals surface area contributed by atoms with Crippen molar-refractivity contribution in [1.29, 1.82) is 0 Å². The summed E-state index contributed by atoms with van der Waals surface area (Å²) in [5.74, 6) is 2.15. The number of nitrogens with one attached hydrogen (secondary N) is 2. The summed E-state index contributed by atoms with van der Waals surface area (Å²) in [6, 6.07) is -0.401. The van der Waals surface area contributed by atoms with Crippen LogP contribution in [0.2, 0.25) is 0 Å². The minimum absolute atomic E-state index is 0.158. The Bertz CT molecular complexity index is 1020. The lowest BCUT2D eigenvalue weighted by Crippen LogP contribution is -2.49. The number of thiazole rings is 1. The van der Waals surface area contributed by atoms with Crippen molar-refractivity contribution in [3.05, 3.63) is 35.2 Å². The number of carbonyl (C=O) groups is 3. The Kier molecular flexibility index (Phi) is 5.58. The Balaban J connectivity index is 2.41. The van der Waals surface area contributed by atoms with Gasteiger partial charge in [0.25, 0.3) is 10.0 Å². The maximum Gasteiger partial charge on any atom is 0.357 e. The normalized spacial score (nSPS) is 10.9. The lowest BCUT2D eigenvalue weighted by molar-refractivity contribution is 0.0692. The standard InChI is InChI=1S/C12H11FN6O6S2/c13-6-3-5(1-2-7(6)19(11(14)22)12(23)17-15)27(24,25)18-9-8(10(20)21)16-4-26-9/h1-4,18H,15H2,(H2,14,22)(H,17,23)(H,20,21). The van der Waals surface area contributed by atoms with Crippen LogP contribution in [-0.2, 0) is 10.0 Å². The average molecular weight is 418 g/mol. The fourth-order valence-corrected chi connectivity index (χ4v) is 3.88. The number of carbonyl (C=O) groups excluding carboxylic acids is 2. The molecule has 4 amide bonds. The number of nitrogens with two attached hydrogens (primary N) is 2. The van der Waals surface area contributed by atoms with Gasteiger partial charge in [0.05, 0.1) is 16.1 Å². The van der Waals surface area contributed by atoms with E-state index < -0.39 is 50.1 Å². The van der Waals surface area contributed by atoms with Gasteiger partial charge < -0.3 is 10.8 Å². The van der Waals surface area contributed by atoms with E-state index in [1.165, 1.54) is 0 Å². The summed E-state index contributed by atoms with van der Waals surface area (Å²) in [6.07, 6.45) is 0. The van der Waals surface area contributed by atoms with E-state index in [1.54, 1.807) is 5.43 Å². The van der Waals surface area contributed by atoms with E-state index in [-0.39, 0.29) is 9.90 Å². The number of nitrogens with zero attached hydrogens (tertiary/aromatic N) is 2. The van der Waals surface area contributed by atoms with Crippen molar-refractivity contribution < 1.29 is 32.3 Å². The highest BCUT2D eigenvalue weighted by Gasteiger charge is 2.26. The van der Waals surface area contributed by atoms with Gasteiger partial charge in [0.2, 0.25) is 0 Å². The van der Waals surface area contributed by atoms with Gasteiger partial charge in [-0.3, -0.25) is 10.1 Å². The number of imide groups is 1. The molecule has 1 aromatic heterocycles. The van der Waals surface area contributed by atoms with E-state index in [4.69, 9.17) is 16.7 Å². The summed E-state index contributed by atoms with van der Waals surface area (Å²) in [7, 11) is -4.39. The molecular weight excluding hydrogens is 407 g/mol. The predicted octanol–water partition coefficient (Wildman–Crippen LogP) is 0.250. The molecule has 0 radical (unpaired) electrons. The number of rotatable bonds is 5. The molecule has 0 fully saturated rings. The smallest absolute Gasteiger partial charge is 0.357 e. The fraction of sp³-hybridized carbons (Fsp3) is 0. The Morgan fingerprint density at radius 2 is 1.96 bits per heavy atom. The van der Waals surface area contributed by atoms with Gasteiger partial charge >= 0.3 is 18.0 Å². The molecule has 0 unspecified atom stereocenters. The van der Waals surface area contributed by atoms with E-state index in [0.717, 1.165) is 17.6 Å². The molecule has 0 saturated carbocycles. The topological polar surface area (TPSA) is 198 Å². The second kappa shape index (κ2) is 7.52. The van der Waals surface area contributed by atoms with Crippen molar-refractivity contribution in [2.45, 2.75) is 4.90 Å². The number of anilines is 2. The summed E-state index contributed by atoms with van der Waals surface area (Å²) in [5, 5.41) is 8.66. The van der Waals surface area contributed by atoms with Gasteiger partial charge in [-0.2, -0.15) is 0 Å². The third kappa shape index (κ3) is 4.10. The van der Waals surface area contributed by atoms with Crippen molar-refractivity contribution in [1.82, 2.24) is 10.4 Å². The van der Waals surface area contributed by atoms with Crippen molar-refractivity contribution >= 4 is 50.1 Å². The maximum atomic E-state index is 14.3. The van der Waals surface area contributed by atoms with Crippen LogP contribution in [0.25, 0.3) is 0 Å². The predicted molar refractivity (Wildman–Crippen MR) is 91.1 cm³/mol. The number of sulfonamides is 1. The Labute approximate surface area is 154 Å². The number of aromatic nitrogens is 1. The van der Waals surface area contributed by atoms with E-state index in [2.05, 4.69) is 4.98 Å². The molecule has 0 aliphatic rings. The van der Waals surface area contributed by atoms with Crippen molar-refractivity contribution in [3.8, 4) is 0 Å². The van der Waals surface area contributed by atoms with E-state index >= 15 is 0 Å². The van der Waals surface area contributed by atoms with Gasteiger partial charge in [-0.25, -0.2) is 42.9 Å². The van der Waals surface area contributed by atoms with Gasteiger partial charge in [-0.05, 0) is 18.2 Å². The molecule has 27 heavy (non-hydrogen) atoms. The number of aromatic carboxylic acids is 1. The first-order valence-corrected chi connectivity index (χ1v) is 9.04. The van der Waals surface area contributed by atoms with Crippen molar-refractivity contribution in [3.63, 3.8) is 0 Å². The van der Waals surface area contributed by atoms with Gasteiger partial charge in [-0.15, -0.1) is 11.3 Å². The van der Waals surface area contributed by atoms with Crippen LogP contribution in [0.5, 0.6) is 0 Å². The summed E-state index contributed by atoms with van der Waals surface area (Å²) in [4.78, 5) is 36.9. The Morgan fingerprint density at radius 1 is 1.30 bits per heavy atom. The number of carboxylic acids is 1. The molecule has 0 bridgehead atoms. The molecule has 2 rings (SSSR count). The Hall–Kier alpha value is -3.30. The third-order valence-electron chi connectivity index (χ3n) is 3.01. The number of halogens is 1. The molecule has 144 valence electrons. The monoisotopic (exact) mass is 418 g/mol. The molecule has 0 aliphatic heterocycles. The van der Waals surface area contributed by atoms with Crippen LogP contribution in [0.1, 0.15) is 10.5 Å². The number of amides is 4. The summed E-state index contributed by atoms with van der Waals surface area (Å²) in [5.41, 5.74) is 6.52. The number of hydrogen-bond donors (Lipinski definition) is 5. The van der Waals surface area contributed by atoms with Crippen LogP contribution >= 0.6 is 11.3 Å². The van der Waals surface area contributed by atoms with Gasteiger partial charge in [-0.1, -0.05) is 0 Å². The molecule has 12 nitrogen and oxygen atoms in total. The molecule has 0 aliphatic carbocycles. The van der Waals surface area contributed by atoms with Gasteiger partial charge in [0.15, 0.2) is 5.69 Å². The maximum absolute atomic E-state index is 14.3. The number of urea groups is 2. The molecule has 1 aromatic carbocycles. The minimum atomic E-state index is -4.39. The van der Waals surface area contributed by atoms with Crippen LogP contribution in [0.4, 0.5) is 24.7 Å². The summed E-state index contributed by atoms with van der Waals surface area (Å²) in [6.45, 7) is 0. The molecule has 0 saturated heterocycles. The molecule has 7 N–H and O–H groups in total. The number of hydrogen-bond acceptors (Lipinski definition) is 8. The number of primary amides is 1. The zero-order valence-electron chi connectivity index (χ0n) is 13.0. The second-order valence-electron chi connectivity index (χ2n) is 4.68. The zero-order chi connectivity index (χ0) is 20.4. The van der Waals surface area contributed by atoms with Gasteiger partial charge in [0, 0.05) is 0 Å². The lowest BCUT2D eigenvalue weighted by atomic mass is 10.3. The SMILES string of the molecule is NNC(=O)N(C(N)=O)c1ccc(S(=O)(=O)Nc2scnc2C(=O)O)cc1F. The highest BCUT2D eigenvalue weighted by Crippen LogP contribution is 2.27. The number of benzene rings is 1. The molecule has 0 spiro atoms. The number of carboxylic acid groups (broad SMARTS) is 1. The Morgan fingerprint density at radius 3 is 2.48 bits per heavy atom. The summed E-state index contributed by atoms with van der Waals surface area (Å²) >= 11 is 0.710. The van der Waals surface area contributed by atoms with Gasteiger partial charge in [0.1, 0.15) is 10.8 Å². The lowest BCUT2D eigenvalue weighted by Gasteiger charge is -2.18. The highest BCUT2D eigenvalue weighted by molar-refractivity contribution is 7.93. The molecule has 15 heteroatoms. The highest BCUT2D eigenvalue weighted by atomic mass is 32.2. The first-order valence-electron chi connectivity index (χ1n) is 6.67. The zero-order valence-corrected chi connectivity index (χ0v) is 14.7. The van der Waals surface area contributed by atoms with Crippen LogP contribution in [0.15, 0.2) is 28.6 Å². The molecule has 1 heterocycles. The molecular formula is C12H11FN6O6S2. The molecule has 2 aromatic rings. The minimum Gasteiger partial charge on any atom is -0.476 e. The van der Waals surface area contributed by atoms with Crippen LogP contribution in [-0.4, -0.2) is 36.5 Å². The number of hydrazine groups is 1. The largest absolute Gasteiger partial charge is 0.476 e. The van der Waals surface area contributed by atoms with E-state index in [0.29, 0.717) is 17.4 Å². The summed E-state index contributed by atoms with van der Waals surface area (Å²) < 4.78 is 41.0. The third-order valence-corrected chi connectivity index (χ3v) is 5.23. The van der Waals surface area contributed by atoms with Crippen LogP contribution < -0.4 is 26.6 Å². The average Bonchev–Trinajstić information content (AvgIpc) is 3.03. The first kappa shape index (κ1) is 20.0. The second-order valence-corrected chi connectivity index (χ2v) is 7.21. The van der Waals surface area contributed by atoms with Crippen molar-refractivity contribution in [2.24, 2.45) is 11.6 Å².